The van der Waals surface area contributed by atoms with Crippen LogP contribution in [0, 0.1) is 0 Å². The normalized spacial score (nSPS) is 14.3. The molecular formula is C25H28ClN5O2S. The van der Waals surface area contributed by atoms with Crippen molar-refractivity contribution in [3.63, 3.8) is 0 Å². The van der Waals surface area contributed by atoms with E-state index in [1.54, 1.807) is 22.9 Å². The lowest BCUT2D eigenvalue weighted by Gasteiger charge is -2.36. The van der Waals surface area contributed by atoms with E-state index in [0.29, 0.717) is 50.6 Å². The SMILES string of the molecule is CSc1ccc(CN(C)C(=O)CN2CCN(c3cnn(-c4ccccc4)c(=O)c3Cl)CC2)cc1. The number of hydrogen-bond donors (Lipinski definition) is 0. The van der Waals surface area contributed by atoms with Crippen LogP contribution in [0.3, 0.4) is 0 Å². The maximum Gasteiger partial charge on any atom is 0.292 e. The number of anilines is 1. The Morgan fingerprint density at radius 3 is 2.38 bits per heavy atom. The predicted molar refractivity (Wildman–Crippen MR) is 138 cm³/mol. The van der Waals surface area contributed by atoms with Crippen LogP contribution < -0.4 is 10.5 Å². The van der Waals surface area contributed by atoms with Crippen molar-refractivity contribution in [2.45, 2.75) is 11.4 Å². The van der Waals surface area contributed by atoms with E-state index in [9.17, 15) is 9.59 Å². The number of amides is 1. The van der Waals surface area contributed by atoms with Crippen molar-refractivity contribution in [1.82, 2.24) is 19.6 Å². The third kappa shape index (κ3) is 5.63. The van der Waals surface area contributed by atoms with Crippen molar-refractivity contribution in [2.75, 3.05) is 50.9 Å². The molecule has 1 fully saturated rings. The van der Waals surface area contributed by atoms with E-state index in [2.05, 4.69) is 39.2 Å². The lowest BCUT2D eigenvalue weighted by Crippen LogP contribution is -2.50. The third-order valence-corrected chi connectivity index (χ3v) is 7.08. The minimum Gasteiger partial charge on any atom is -0.366 e. The highest BCUT2D eigenvalue weighted by atomic mass is 35.5. The molecular weight excluding hydrogens is 470 g/mol. The van der Waals surface area contributed by atoms with Gasteiger partial charge >= 0.3 is 0 Å². The highest BCUT2D eigenvalue weighted by Crippen LogP contribution is 2.23. The van der Waals surface area contributed by atoms with Crippen LogP contribution in [0.25, 0.3) is 5.69 Å². The monoisotopic (exact) mass is 497 g/mol. The first-order valence-corrected chi connectivity index (χ1v) is 12.7. The van der Waals surface area contributed by atoms with Crippen LogP contribution in [-0.4, -0.2) is 71.5 Å². The van der Waals surface area contributed by atoms with Crippen molar-refractivity contribution < 1.29 is 4.79 Å². The molecule has 3 aromatic rings. The minimum absolute atomic E-state index is 0.0903. The van der Waals surface area contributed by atoms with Gasteiger partial charge in [-0.2, -0.15) is 9.78 Å². The molecule has 1 amide bonds. The second-order valence-electron chi connectivity index (χ2n) is 8.26. The zero-order valence-corrected chi connectivity index (χ0v) is 20.9. The fourth-order valence-corrected chi connectivity index (χ4v) is 4.61. The summed E-state index contributed by atoms with van der Waals surface area (Å²) in [6.07, 6.45) is 3.70. The topological polar surface area (TPSA) is 61.7 Å². The Morgan fingerprint density at radius 2 is 1.74 bits per heavy atom. The molecule has 0 spiro atoms. The number of nitrogens with zero attached hydrogens (tertiary/aromatic N) is 5. The molecule has 4 rings (SSSR count). The van der Waals surface area contributed by atoms with Crippen molar-refractivity contribution in [2.24, 2.45) is 0 Å². The number of halogens is 1. The lowest BCUT2D eigenvalue weighted by atomic mass is 10.2. The zero-order chi connectivity index (χ0) is 24.1. The molecule has 1 aliphatic heterocycles. The Balaban J connectivity index is 1.32. The Morgan fingerprint density at radius 1 is 1.06 bits per heavy atom. The van der Waals surface area contributed by atoms with Gasteiger partial charge in [-0.3, -0.25) is 14.5 Å². The van der Waals surface area contributed by atoms with Gasteiger partial charge in [0.2, 0.25) is 5.91 Å². The van der Waals surface area contributed by atoms with E-state index in [4.69, 9.17) is 11.6 Å². The Bertz CT molecular complexity index is 1180. The van der Waals surface area contributed by atoms with Gasteiger partial charge in [0.15, 0.2) is 0 Å². The molecule has 1 aliphatic rings. The summed E-state index contributed by atoms with van der Waals surface area (Å²) in [5.41, 5.74) is 2.09. The Kier molecular flexibility index (Phi) is 7.92. The molecule has 2 heterocycles. The summed E-state index contributed by atoms with van der Waals surface area (Å²) in [5, 5.41) is 4.49. The summed E-state index contributed by atoms with van der Waals surface area (Å²) < 4.78 is 1.31. The van der Waals surface area contributed by atoms with Crippen LogP contribution in [0.4, 0.5) is 5.69 Å². The summed E-state index contributed by atoms with van der Waals surface area (Å²) in [6.45, 7) is 3.72. The summed E-state index contributed by atoms with van der Waals surface area (Å²) in [7, 11) is 1.84. The lowest BCUT2D eigenvalue weighted by molar-refractivity contribution is -0.131. The van der Waals surface area contributed by atoms with Crippen LogP contribution in [0.15, 0.2) is 70.5 Å². The van der Waals surface area contributed by atoms with E-state index >= 15 is 0 Å². The van der Waals surface area contributed by atoms with Gasteiger partial charge in [-0.25, -0.2) is 0 Å². The van der Waals surface area contributed by atoms with Gasteiger partial charge in [-0.15, -0.1) is 11.8 Å². The first kappa shape index (κ1) is 24.3. The van der Waals surface area contributed by atoms with Gasteiger partial charge < -0.3 is 9.80 Å². The number of carbonyl (C=O) groups excluding carboxylic acids is 1. The van der Waals surface area contributed by atoms with Crippen molar-refractivity contribution in [1.29, 1.82) is 0 Å². The zero-order valence-electron chi connectivity index (χ0n) is 19.4. The molecule has 0 unspecified atom stereocenters. The quantitative estimate of drug-likeness (QED) is 0.466. The molecule has 7 nitrogen and oxygen atoms in total. The Labute approximate surface area is 208 Å². The standard InChI is InChI=1S/C25H28ClN5O2S/c1-28(17-19-8-10-21(34-2)11-9-19)23(32)18-29-12-14-30(15-13-29)22-16-27-31(25(33)24(22)26)20-6-4-3-5-7-20/h3-11,16H,12-15,17-18H2,1-2H3. The minimum atomic E-state index is -0.338. The van der Waals surface area contributed by atoms with Gasteiger partial charge in [0.25, 0.3) is 5.56 Å². The number of rotatable bonds is 7. The molecule has 9 heteroatoms. The first-order valence-electron chi connectivity index (χ1n) is 11.1. The third-order valence-electron chi connectivity index (χ3n) is 5.98. The van der Waals surface area contributed by atoms with Gasteiger partial charge in [-0.1, -0.05) is 41.9 Å². The van der Waals surface area contributed by atoms with E-state index < -0.39 is 0 Å². The van der Waals surface area contributed by atoms with Crippen molar-refractivity contribution in [3.8, 4) is 5.69 Å². The summed E-state index contributed by atoms with van der Waals surface area (Å²) >= 11 is 8.15. The first-order chi connectivity index (χ1) is 16.5. The van der Waals surface area contributed by atoms with Crippen molar-refractivity contribution >= 4 is 35.0 Å². The smallest absolute Gasteiger partial charge is 0.292 e. The van der Waals surface area contributed by atoms with Gasteiger partial charge in [0.1, 0.15) is 5.02 Å². The highest BCUT2D eigenvalue weighted by molar-refractivity contribution is 7.98. The number of likely N-dealkylation sites (N-methyl/N-ethyl adjacent to an activating group) is 1. The van der Waals surface area contributed by atoms with E-state index in [0.717, 1.165) is 5.56 Å². The van der Waals surface area contributed by atoms with Crippen LogP contribution in [-0.2, 0) is 11.3 Å². The van der Waals surface area contributed by atoms with Crippen LogP contribution in [0.2, 0.25) is 5.02 Å². The molecule has 0 atom stereocenters. The number of aromatic nitrogens is 2. The molecule has 0 aliphatic carbocycles. The second kappa shape index (κ2) is 11.1. The molecule has 2 aromatic carbocycles. The summed E-state index contributed by atoms with van der Waals surface area (Å²) in [6, 6.07) is 17.5. The van der Waals surface area contributed by atoms with E-state index in [1.165, 1.54) is 9.58 Å². The van der Waals surface area contributed by atoms with Crippen LogP contribution >= 0.6 is 23.4 Å². The van der Waals surface area contributed by atoms with Crippen molar-refractivity contribution in [3.05, 3.63) is 81.7 Å². The molecule has 1 aromatic heterocycles. The van der Waals surface area contributed by atoms with Crippen LogP contribution in [0.1, 0.15) is 5.56 Å². The maximum atomic E-state index is 12.8. The molecule has 0 radical (unpaired) electrons. The molecule has 0 N–H and O–H groups in total. The molecule has 178 valence electrons. The maximum absolute atomic E-state index is 12.8. The van der Waals surface area contributed by atoms with Gasteiger partial charge in [0, 0.05) is 44.7 Å². The number of piperazine rings is 1. The number of para-hydroxylation sites is 1. The fraction of sp³-hybridized carbons (Fsp3) is 0.320. The average molecular weight is 498 g/mol. The van der Waals surface area contributed by atoms with E-state index in [1.807, 2.05) is 43.6 Å². The average Bonchev–Trinajstić information content (AvgIpc) is 2.87. The van der Waals surface area contributed by atoms with E-state index in [-0.39, 0.29) is 16.5 Å². The highest BCUT2D eigenvalue weighted by Gasteiger charge is 2.23. The van der Waals surface area contributed by atoms with Crippen LogP contribution in [0.5, 0.6) is 0 Å². The van der Waals surface area contributed by atoms with Gasteiger partial charge in [-0.05, 0) is 36.1 Å². The number of benzene rings is 2. The molecule has 34 heavy (non-hydrogen) atoms. The largest absolute Gasteiger partial charge is 0.366 e. The Hall–Kier alpha value is -2.81. The number of hydrogen-bond acceptors (Lipinski definition) is 6. The molecule has 0 bridgehead atoms. The second-order valence-corrected chi connectivity index (χ2v) is 9.51. The summed E-state index contributed by atoms with van der Waals surface area (Å²) in [4.78, 5) is 32.7. The molecule has 1 saturated heterocycles. The molecule has 0 saturated carbocycles. The summed E-state index contributed by atoms with van der Waals surface area (Å²) in [5.74, 6) is 0.0903. The predicted octanol–water partition coefficient (Wildman–Crippen LogP) is 3.39. The van der Waals surface area contributed by atoms with Gasteiger partial charge in [0.05, 0.1) is 24.1 Å². The number of carbonyl (C=O) groups is 1. The fourth-order valence-electron chi connectivity index (χ4n) is 3.95. The number of thioether (sulfide) groups is 1.